The molecule has 0 bridgehead atoms. The molecule has 0 radical (unpaired) electrons. The summed E-state index contributed by atoms with van der Waals surface area (Å²) in [6, 6.07) is 0.154. The van der Waals surface area contributed by atoms with Crippen molar-refractivity contribution in [3.63, 3.8) is 0 Å². The van der Waals surface area contributed by atoms with Gasteiger partial charge in [-0.1, -0.05) is 6.92 Å². The quantitative estimate of drug-likeness (QED) is 0.946. The molecule has 112 valence electrons. The Kier molecular flexibility index (Phi) is 4.07. The molecule has 1 saturated heterocycles. The molecular formula is C15H20N4OS. The topological polar surface area (TPSA) is 52.2 Å². The van der Waals surface area contributed by atoms with Crippen LogP contribution in [0.1, 0.15) is 34.7 Å². The molecule has 2 aromatic heterocycles. The molecule has 0 unspecified atom stereocenters. The molecule has 2 aromatic rings. The van der Waals surface area contributed by atoms with E-state index in [2.05, 4.69) is 21.8 Å². The molecule has 21 heavy (non-hydrogen) atoms. The second-order valence-corrected chi connectivity index (χ2v) is 6.08. The maximum absolute atomic E-state index is 12.7. The zero-order chi connectivity index (χ0) is 14.8. The summed E-state index contributed by atoms with van der Waals surface area (Å²) in [5.74, 6) is 1.08. The van der Waals surface area contributed by atoms with Gasteiger partial charge in [0.1, 0.15) is 5.82 Å². The van der Waals surface area contributed by atoms with Gasteiger partial charge in [0.2, 0.25) is 0 Å². The number of rotatable bonds is 3. The number of amides is 1. The highest BCUT2D eigenvalue weighted by atomic mass is 32.1. The van der Waals surface area contributed by atoms with Crippen molar-refractivity contribution in [3.05, 3.63) is 40.1 Å². The van der Waals surface area contributed by atoms with Crippen LogP contribution in [0.15, 0.2) is 23.2 Å². The number of aromatic nitrogens is 2. The summed E-state index contributed by atoms with van der Waals surface area (Å²) in [5, 5.41) is 3.98. The molecule has 0 spiro atoms. The summed E-state index contributed by atoms with van der Waals surface area (Å²) in [4.78, 5) is 24.6. The molecular weight excluding hydrogens is 284 g/mol. The van der Waals surface area contributed by atoms with Gasteiger partial charge < -0.3 is 9.88 Å². The second kappa shape index (κ2) is 5.99. The van der Waals surface area contributed by atoms with Crippen LogP contribution in [0.3, 0.4) is 0 Å². The van der Waals surface area contributed by atoms with Crippen LogP contribution in [-0.2, 0) is 0 Å². The van der Waals surface area contributed by atoms with Gasteiger partial charge in [-0.05, 0) is 24.4 Å². The lowest BCUT2D eigenvalue weighted by Gasteiger charge is -2.40. The Labute approximate surface area is 128 Å². The van der Waals surface area contributed by atoms with Crippen molar-refractivity contribution in [2.24, 2.45) is 0 Å². The lowest BCUT2D eigenvalue weighted by molar-refractivity contribution is 0.0479. The average molecular weight is 304 g/mol. The van der Waals surface area contributed by atoms with Crippen LogP contribution in [0.25, 0.3) is 0 Å². The number of hydrogen-bond acceptors (Lipinski definition) is 4. The van der Waals surface area contributed by atoms with Crippen molar-refractivity contribution in [2.75, 3.05) is 26.2 Å². The van der Waals surface area contributed by atoms with E-state index in [0.29, 0.717) is 6.54 Å². The molecule has 1 amide bonds. The number of imidazole rings is 1. The van der Waals surface area contributed by atoms with Crippen LogP contribution in [0.5, 0.6) is 0 Å². The number of H-pyrrole nitrogens is 1. The first-order valence-electron chi connectivity index (χ1n) is 7.26. The maximum Gasteiger partial charge on any atom is 0.255 e. The number of hydrogen-bond donors (Lipinski definition) is 1. The smallest absolute Gasteiger partial charge is 0.255 e. The number of carbonyl (C=O) groups is 1. The average Bonchev–Trinajstić information content (AvgIpc) is 3.17. The highest BCUT2D eigenvalue weighted by Gasteiger charge is 2.32. The number of nitrogens with one attached hydrogen (secondary N) is 1. The van der Waals surface area contributed by atoms with E-state index >= 15 is 0 Å². The Bertz CT molecular complexity index is 607. The normalized spacial score (nSPS) is 19.9. The third-order valence-corrected chi connectivity index (χ3v) is 4.97. The van der Waals surface area contributed by atoms with Crippen LogP contribution in [0.4, 0.5) is 0 Å². The van der Waals surface area contributed by atoms with Crippen molar-refractivity contribution in [3.8, 4) is 0 Å². The number of likely N-dealkylation sites (N-methyl/N-ethyl adjacent to an activating group) is 1. The fourth-order valence-electron chi connectivity index (χ4n) is 2.85. The van der Waals surface area contributed by atoms with Gasteiger partial charge in [0.15, 0.2) is 0 Å². The number of thiophene rings is 1. The summed E-state index contributed by atoms with van der Waals surface area (Å²) in [7, 11) is 0. The Morgan fingerprint density at radius 2 is 2.33 bits per heavy atom. The van der Waals surface area contributed by atoms with Crippen molar-refractivity contribution in [1.82, 2.24) is 19.8 Å². The lowest BCUT2D eigenvalue weighted by atomic mass is 10.1. The van der Waals surface area contributed by atoms with Gasteiger partial charge in [0, 0.05) is 37.4 Å². The molecule has 1 fully saturated rings. The molecule has 1 atom stereocenters. The van der Waals surface area contributed by atoms with E-state index in [1.54, 1.807) is 17.5 Å². The van der Waals surface area contributed by atoms with Crippen molar-refractivity contribution < 1.29 is 4.79 Å². The van der Waals surface area contributed by atoms with Crippen LogP contribution in [0.2, 0.25) is 0 Å². The van der Waals surface area contributed by atoms with Gasteiger partial charge in [-0.3, -0.25) is 9.69 Å². The zero-order valence-electron chi connectivity index (χ0n) is 12.4. The highest BCUT2D eigenvalue weighted by molar-refractivity contribution is 7.08. The number of carbonyl (C=O) groups excluding carboxylic acids is 1. The first kappa shape index (κ1) is 14.3. The summed E-state index contributed by atoms with van der Waals surface area (Å²) in [6.45, 7) is 7.46. The number of aryl methyl sites for hydroxylation is 1. The summed E-state index contributed by atoms with van der Waals surface area (Å²) < 4.78 is 0. The Balaban J connectivity index is 1.80. The van der Waals surface area contributed by atoms with Gasteiger partial charge >= 0.3 is 0 Å². The highest BCUT2D eigenvalue weighted by Crippen LogP contribution is 2.25. The van der Waals surface area contributed by atoms with E-state index in [1.165, 1.54) is 0 Å². The Hall–Kier alpha value is -1.66. The number of piperazine rings is 1. The van der Waals surface area contributed by atoms with Gasteiger partial charge in [0.05, 0.1) is 11.6 Å². The monoisotopic (exact) mass is 304 g/mol. The molecule has 5 nitrogen and oxygen atoms in total. The van der Waals surface area contributed by atoms with Crippen molar-refractivity contribution >= 4 is 17.2 Å². The molecule has 1 N–H and O–H groups in total. The van der Waals surface area contributed by atoms with Gasteiger partial charge in [0.25, 0.3) is 5.91 Å². The predicted octanol–water partition coefficient (Wildman–Crippen LogP) is 2.30. The fourth-order valence-corrected chi connectivity index (χ4v) is 3.67. The molecule has 1 aliphatic heterocycles. The first-order chi connectivity index (χ1) is 10.2. The largest absolute Gasteiger partial charge is 0.347 e. The standard InChI is InChI=1S/C15H20N4OS/c1-3-18-6-7-19(8-13(18)14-16-4-5-17-14)15(20)12-10-21-9-11(12)2/h4-5,9-10,13H,3,6-8H2,1-2H3,(H,16,17)/t13-/m0/s1. The summed E-state index contributed by atoms with van der Waals surface area (Å²) >= 11 is 1.59. The zero-order valence-corrected chi connectivity index (χ0v) is 13.2. The summed E-state index contributed by atoms with van der Waals surface area (Å²) in [5.41, 5.74) is 1.90. The third kappa shape index (κ3) is 2.73. The van der Waals surface area contributed by atoms with E-state index in [4.69, 9.17) is 0 Å². The van der Waals surface area contributed by atoms with Crippen molar-refractivity contribution in [2.45, 2.75) is 19.9 Å². The minimum absolute atomic E-state index is 0.140. The minimum atomic E-state index is 0.140. The molecule has 6 heteroatoms. The maximum atomic E-state index is 12.7. The lowest BCUT2D eigenvalue weighted by Crippen LogP contribution is -2.50. The van der Waals surface area contributed by atoms with E-state index in [9.17, 15) is 4.79 Å². The van der Waals surface area contributed by atoms with E-state index in [1.807, 2.05) is 28.8 Å². The third-order valence-electron chi connectivity index (χ3n) is 4.11. The number of aromatic amines is 1. The fraction of sp³-hybridized carbons (Fsp3) is 0.467. The van der Waals surface area contributed by atoms with Crippen LogP contribution in [-0.4, -0.2) is 51.9 Å². The predicted molar refractivity (Wildman–Crippen MR) is 83.5 cm³/mol. The van der Waals surface area contributed by atoms with Gasteiger partial charge in [-0.25, -0.2) is 4.98 Å². The van der Waals surface area contributed by atoms with E-state index < -0.39 is 0 Å². The molecule has 0 saturated carbocycles. The van der Waals surface area contributed by atoms with Crippen LogP contribution in [0, 0.1) is 6.92 Å². The Morgan fingerprint density at radius 1 is 1.48 bits per heavy atom. The van der Waals surface area contributed by atoms with Crippen LogP contribution < -0.4 is 0 Å². The molecule has 3 rings (SSSR count). The molecule has 3 heterocycles. The Morgan fingerprint density at radius 3 is 2.95 bits per heavy atom. The second-order valence-electron chi connectivity index (χ2n) is 5.34. The van der Waals surface area contributed by atoms with Gasteiger partial charge in [-0.15, -0.1) is 0 Å². The van der Waals surface area contributed by atoms with Crippen molar-refractivity contribution in [1.29, 1.82) is 0 Å². The van der Waals surface area contributed by atoms with Gasteiger partial charge in [-0.2, -0.15) is 11.3 Å². The summed E-state index contributed by atoms with van der Waals surface area (Å²) in [6.07, 6.45) is 3.61. The SMILES string of the molecule is CCN1CCN(C(=O)c2cscc2C)C[C@H]1c1ncc[nH]1. The number of nitrogens with zero attached hydrogens (tertiary/aromatic N) is 3. The van der Waals surface area contributed by atoms with Crippen LogP contribution >= 0.6 is 11.3 Å². The molecule has 1 aliphatic rings. The van der Waals surface area contributed by atoms with E-state index in [-0.39, 0.29) is 11.9 Å². The minimum Gasteiger partial charge on any atom is -0.347 e. The molecule has 0 aliphatic carbocycles. The first-order valence-corrected chi connectivity index (χ1v) is 8.20. The molecule has 0 aromatic carbocycles. The van der Waals surface area contributed by atoms with E-state index in [0.717, 1.165) is 36.6 Å².